The highest BCUT2D eigenvalue weighted by Gasteiger charge is 2.43. The minimum atomic E-state index is -0.785. The highest BCUT2D eigenvalue weighted by Crippen LogP contribution is 2.36. The van der Waals surface area contributed by atoms with E-state index in [9.17, 15) is 14.4 Å². The fourth-order valence-electron chi connectivity index (χ4n) is 5.71. The number of amidine groups is 2. The number of amides is 3. The molecule has 2 atom stereocenters. The summed E-state index contributed by atoms with van der Waals surface area (Å²) in [6.07, 6.45) is 11.7. The molecule has 0 bridgehead atoms. The molecule has 198 valence electrons. The van der Waals surface area contributed by atoms with E-state index in [2.05, 4.69) is 10.6 Å². The first kappa shape index (κ1) is 25.9. The molecular weight excluding hydrogens is 486 g/mol. The maximum Gasteiger partial charge on any atom is 0.259 e. The third kappa shape index (κ3) is 5.92. The van der Waals surface area contributed by atoms with Crippen LogP contribution in [-0.2, 0) is 14.4 Å². The minimum absolute atomic E-state index is 0.00509. The Morgan fingerprint density at radius 1 is 1.00 bits per heavy atom. The van der Waals surface area contributed by atoms with Crippen LogP contribution in [-0.4, -0.2) is 57.0 Å². The number of thioether (sulfide) groups is 1. The lowest BCUT2D eigenvalue weighted by molar-refractivity contribution is -0.129. The molecular formula is C28H37N5O3S. The van der Waals surface area contributed by atoms with Crippen molar-refractivity contribution in [3.8, 4) is 0 Å². The molecule has 2 aliphatic heterocycles. The highest BCUT2D eigenvalue weighted by atomic mass is 32.2. The van der Waals surface area contributed by atoms with Gasteiger partial charge in [0.15, 0.2) is 5.17 Å². The van der Waals surface area contributed by atoms with Gasteiger partial charge in [0.05, 0.1) is 17.4 Å². The highest BCUT2D eigenvalue weighted by molar-refractivity contribution is 8.15. The molecule has 0 aromatic heterocycles. The largest absolute Gasteiger partial charge is 0.353 e. The summed E-state index contributed by atoms with van der Waals surface area (Å²) >= 11 is 1.32. The summed E-state index contributed by atoms with van der Waals surface area (Å²) in [5.41, 5.74) is 1.50. The van der Waals surface area contributed by atoms with Crippen LogP contribution in [0.2, 0.25) is 0 Å². The van der Waals surface area contributed by atoms with Gasteiger partial charge in [0.25, 0.3) is 5.91 Å². The summed E-state index contributed by atoms with van der Waals surface area (Å²) in [5.74, 6) is 0.134. The van der Waals surface area contributed by atoms with Crippen LogP contribution < -0.4 is 10.6 Å². The summed E-state index contributed by atoms with van der Waals surface area (Å²) in [6, 6.07) is 7.22. The molecule has 37 heavy (non-hydrogen) atoms. The average Bonchev–Trinajstić information content (AvgIpc) is 3.24. The van der Waals surface area contributed by atoms with Gasteiger partial charge in [0, 0.05) is 17.6 Å². The van der Waals surface area contributed by atoms with Crippen molar-refractivity contribution in [2.75, 3.05) is 0 Å². The fraction of sp³-hybridized carbons (Fsp3) is 0.607. The standard InChI is InChI=1S/C28H37N5O3S/c1-2-23(26(35)30-19-13-7-4-8-14-19)37-28-32-21-16-10-9-15-20(21)25-31-22(27(36)33(25)28)17-24(34)29-18-11-5-3-6-12-18/h9-10,15-16,18-19,22-23H,2-8,11-14,17H2,1H3,(H,29,34)(H,30,35). The van der Waals surface area contributed by atoms with Crippen LogP contribution in [0.3, 0.4) is 0 Å². The van der Waals surface area contributed by atoms with Crippen molar-refractivity contribution in [1.82, 2.24) is 15.5 Å². The number of para-hydroxylation sites is 1. The topological polar surface area (TPSA) is 103 Å². The van der Waals surface area contributed by atoms with Crippen LogP contribution in [0.25, 0.3) is 0 Å². The van der Waals surface area contributed by atoms with E-state index in [0.29, 0.717) is 17.4 Å². The number of hydrogen-bond donors (Lipinski definition) is 2. The van der Waals surface area contributed by atoms with Crippen LogP contribution in [0.5, 0.6) is 0 Å². The van der Waals surface area contributed by atoms with E-state index in [0.717, 1.165) is 62.6 Å². The van der Waals surface area contributed by atoms with Crippen LogP contribution in [0, 0.1) is 0 Å². The molecule has 5 rings (SSSR count). The smallest absolute Gasteiger partial charge is 0.259 e. The van der Waals surface area contributed by atoms with Gasteiger partial charge in [-0.3, -0.25) is 19.4 Å². The fourth-order valence-corrected chi connectivity index (χ4v) is 6.74. The van der Waals surface area contributed by atoms with Crippen molar-refractivity contribution in [2.24, 2.45) is 9.98 Å². The molecule has 1 aromatic rings. The third-order valence-electron chi connectivity index (χ3n) is 7.76. The predicted molar refractivity (Wildman–Crippen MR) is 147 cm³/mol. The second-order valence-electron chi connectivity index (χ2n) is 10.5. The zero-order chi connectivity index (χ0) is 25.8. The number of nitrogens with one attached hydrogen (secondary N) is 2. The van der Waals surface area contributed by atoms with Crippen molar-refractivity contribution in [1.29, 1.82) is 0 Å². The zero-order valence-corrected chi connectivity index (χ0v) is 22.4. The van der Waals surface area contributed by atoms with E-state index >= 15 is 0 Å². The van der Waals surface area contributed by atoms with Crippen LogP contribution in [0.4, 0.5) is 5.69 Å². The number of aliphatic imine (C=N–C) groups is 2. The molecule has 4 aliphatic rings. The number of nitrogens with zero attached hydrogens (tertiary/aromatic N) is 3. The summed E-state index contributed by atoms with van der Waals surface area (Å²) in [6.45, 7) is 1.98. The number of carbonyl (C=O) groups excluding carboxylic acids is 3. The summed E-state index contributed by atoms with van der Waals surface area (Å²) in [7, 11) is 0. The van der Waals surface area contributed by atoms with Gasteiger partial charge in [-0.25, -0.2) is 9.89 Å². The van der Waals surface area contributed by atoms with Gasteiger partial charge < -0.3 is 10.6 Å². The molecule has 2 heterocycles. The molecule has 1 aromatic carbocycles. The van der Waals surface area contributed by atoms with E-state index in [1.54, 1.807) is 0 Å². The molecule has 3 amide bonds. The number of benzene rings is 1. The summed E-state index contributed by atoms with van der Waals surface area (Å²) < 4.78 is 0. The van der Waals surface area contributed by atoms with Crippen molar-refractivity contribution >= 4 is 46.2 Å². The Morgan fingerprint density at radius 2 is 1.65 bits per heavy atom. The summed E-state index contributed by atoms with van der Waals surface area (Å²) in [5, 5.41) is 6.42. The van der Waals surface area contributed by atoms with Crippen LogP contribution >= 0.6 is 11.8 Å². The van der Waals surface area contributed by atoms with Gasteiger partial charge in [0.2, 0.25) is 11.8 Å². The number of rotatable bonds is 7. The van der Waals surface area contributed by atoms with Gasteiger partial charge in [-0.1, -0.05) is 69.3 Å². The molecule has 8 nitrogen and oxygen atoms in total. The van der Waals surface area contributed by atoms with E-state index in [1.165, 1.54) is 29.5 Å². The Hall–Kier alpha value is -2.68. The SMILES string of the molecule is CCC(SC1=Nc2ccccc2C2=NC(CC(=O)NC3CCCCC3)C(=O)N12)C(=O)NC1CCCCC1. The molecule has 0 spiro atoms. The number of hydrogen-bond acceptors (Lipinski definition) is 6. The average molecular weight is 524 g/mol. The second-order valence-corrected chi connectivity index (χ2v) is 11.7. The first-order chi connectivity index (χ1) is 18.0. The molecule has 2 unspecified atom stereocenters. The normalized spacial score (nSPS) is 23.0. The van der Waals surface area contributed by atoms with Gasteiger partial charge in [-0.2, -0.15) is 0 Å². The lowest BCUT2D eigenvalue weighted by Gasteiger charge is -2.29. The molecule has 2 saturated carbocycles. The molecule has 2 N–H and O–H groups in total. The van der Waals surface area contributed by atoms with E-state index in [-0.39, 0.29) is 41.5 Å². The third-order valence-corrected chi connectivity index (χ3v) is 9.08. The van der Waals surface area contributed by atoms with Gasteiger partial charge >= 0.3 is 0 Å². The number of fused-ring (bicyclic) bond motifs is 3. The van der Waals surface area contributed by atoms with Crippen LogP contribution in [0.15, 0.2) is 34.3 Å². The van der Waals surface area contributed by atoms with E-state index < -0.39 is 6.04 Å². The molecule has 0 radical (unpaired) electrons. The molecule has 0 saturated heterocycles. The maximum absolute atomic E-state index is 13.6. The Labute approximate surface area is 223 Å². The van der Waals surface area contributed by atoms with Crippen LogP contribution in [0.1, 0.15) is 89.5 Å². The Balaban J connectivity index is 1.32. The first-order valence-corrected chi connectivity index (χ1v) is 14.8. The lowest BCUT2D eigenvalue weighted by atomic mass is 9.95. The maximum atomic E-state index is 13.6. The van der Waals surface area contributed by atoms with Gasteiger partial charge in [-0.05, 0) is 44.2 Å². The van der Waals surface area contributed by atoms with E-state index in [4.69, 9.17) is 9.98 Å². The Bertz CT molecular complexity index is 1090. The molecule has 2 fully saturated rings. The summed E-state index contributed by atoms with van der Waals surface area (Å²) in [4.78, 5) is 50.6. The Kier molecular flexibility index (Phi) is 8.27. The second kappa shape index (κ2) is 11.8. The Morgan fingerprint density at radius 3 is 2.32 bits per heavy atom. The first-order valence-electron chi connectivity index (χ1n) is 13.9. The minimum Gasteiger partial charge on any atom is -0.353 e. The molecule has 9 heteroatoms. The lowest BCUT2D eigenvalue weighted by Crippen LogP contribution is -2.45. The quantitative estimate of drug-likeness (QED) is 0.551. The van der Waals surface area contributed by atoms with Crippen molar-refractivity contribution in [3.63, 3.8) is 0 Å². The predicted octanol–water partition coefficient (Wildman–Crippen LogP) is 4.44. The van der Waals surface area contributed by atoms with Gasteiger partial charge in [0.1, 0.15) is 11.9 Å². The zero-order valence-electron chi connectivity index (χ0n) is 21.6. The monoisotopic (exact) mass is 523 g/mol. The van der Waals surface area contributed by atoms with Crippen molar-refractivity contribution in [2.45, 2.75) is 107 Å². The van der Waals surface area contributed by atoms with Crippen molar-refractivity contribution < 1.29 is 14.4 Å². The van der Waals surface area contributed by atoms with Gasteiger partial charge in [-0.15, -0.1) is 0 Å². The number of carbonyl (C=O) groups is 3. The van der Waals surface area contributed by atoms with E-state index in [1.807, 2.05) is 31.2 Å². The van der Waals surface area contributed by atoms with Crippen molar-refractivity contribution in [3.05, 3.63) is 29.8 Å². The molecule has 2 aliphatic carbocycles.